The second-order valence-corrected chi connectivity index (χ2v) is 5.27. The molecular weight excluding hydrogens is 250 g/mol. The molecule has 2 heterocycles. The number of nitrogens with zero attached hydrogens (tertiary/aromatic N) is 3. The molecule has 0 bridgehead atoms. The number of rotatable bonds is 2. The summed E-state index contributed by atoms with van der Waals surface area (Å²) in [6.07, 6.45) is 1.77. The Morgan fingerprint density at radius 3 is 2.70 bits per heavy atom. The van der Waals surface area contributed by atoms with E-state index in [4.69, 9.17) is 0 Å². The molecule has 0 saturated carbocycles. The van der Waals surface area contributed by atoms with Crippen LogP contribution in [0.5, 0.6) is 5.75 Å². The standard InChI is InChI=1S/C16H17N3O/c1-10(2)19-15(12-7-6-11(3)9-14(12)20)18-13-5-4-8-17-16(13)19/h4-10,20H,1-3H3. The van der Waals surface area contributed by atoms with Crippen LogP contribution in [-0.4, -0.2) is 19.6 Å². The van der Waals surface area contributed by atoms with Crippen LogP contribution in [0.3, 0.4) is 0 Å². The number of imidazole rings is 1. The van der Waals surface area contributed by atoms with Crippen molar-refractivity contribution in [3.8, 4) is 17.1 Å². The monoisotopic (exact) mass is 267 g/mol. The first kappa shape index (κ1) is 12.7. The van der Waals surface area contributed by atoms with Gasteiger partial charge in [0.25, 0.3) is 0 Å². The Morgan fingerprint density at radius 2 is 2.00 bits per heavy atom. The molecule has 0 unspecified atom stereocenters. The molecule has 0 fully saturated rings. The fourth-order valence-electron chi connectivity index (χ4n) is 2.44. The lowest BCUT2D eigenvalue weighted by Gasteiger charge is -2.13. The summed E-state index contributed by atoms with van der Waals surface area (Å²) in [4.78, 5) is 9.05. The third-order valence-electron chi connectivity index (χ3n) is 3.36. The van der Waals surface area contributed by atoms with E-state index in [0.29, 0.717) is 0 Å². The number of aryl methyl sites for hydroxylation is 1. The minimum atomic E-state index is 0.214. The third-order valence-corrected chi connectivity index (χ3v) is 3.36. The Labute approximate surface area is 117 Å². The molecule has 2 aromatic heterocycles. The lowest BCUT2D eigenvalue weighted by Crippen LogP contribution is -2.04. The molecule has 0 atom stereocenters. The summed E-state index contributed by atoms with van der Waals surface area (Å²) in [5, 5.41) is 10.2. The van der Waals surface area contributed by atoms with E-state index in [9.17, 15) is 5.11 Å². The van der Waals surface area contributed by atoms with Gasteiger partial charge in [-0.15, -0.1) is 0 Å². The molecule has 1 N–H and O–H groups in total. The summed E-state index contributed by atoms with van der Waals surface area (Å²) in [5.74, 6) is 1.01. The first-order valence-electron chi connectivity index (χ1n) is 6.71. The van der Waals surface area contributed by atoms with Gasteiger partial charge in [0, 0.05) is 12.2 Å². The molecule has 0 amide bonds. The first-order chi connectivity index (χ1) is 9.58. The van der Waals surface area contributed by atoms with Gasteiger partial charge in [0.15, 0.2) is 5.65 Å². The molecule has 1 aromatic carbocycles. The van der Waals surface area contributed by atoms with Crippen LogP contribution in [-0.2, 0) is 0 Å². The van der Waals surface area contributed by atoms with E-state index < -0.39 is 0 Å². The maximum atomic E-state index is 10.2. The Kier molecular flexibility index (Phi) is 2.93. The van der Waals surface area contributed by atoms with Crippen molar-refractivity contribution >= 4 is 11.2 Å². The number of aromatic hydroxyl groups is 1. The molecule has 0 aliphatic rings. The Balaban J connectivity index is 2.32. The molecule has 0 spiro atoms. The average Bonchev–Trinajstić information content (AvgIpc) is 2.77. The minimum absolute atomic E-state index is 0.214. The fourth-order valence-corrected chi connectivity index (χ4v) is 2.44. The van der Waals surface area contributed by atoms with Crippen LogP contribution in [0.25, 0.3) is 22.6 Å². The predicted molar refractivity (Wildman–Crippen MR) is 79.8 cm³/mol. The van der Waals surface area contributed by atoms with Gasteiger partial charge in [0.1, 0.15) is 17.1 Å². The minimum Gasteiger partial charge on any atom is -0.507 e. The second kappa shape index (κ2) is 4.63. The van der Waals surface area contributed by atoms with E-state index in [1.165, 1.54) is 0 Å². The van der Waals surface area contributed by atoms with Crippen LogP contribution in [0.2, 0.25) is 0 Å². The molecule has 4 heteroatoms. The first-order valence-corrected chi connectivity index (χ1v) is 6.71. The van der Waals surface area contributed by atoms with Crippen molar-refractivity contribution in [2.45, 2.75) is 26.8 Å². The lowest BCUT2D eigenvalue weighted by molar-refractivity contribution is 0.475. The number of hydrogen-bond acceptors (Lipinski definition) is 3. The van der Waals surface area contributed by atoms with Gasteiger partial charge in [-0.25, -0.2) is 9.97 Å². The van der Waals surface area contributed by atoms with E-state index in [2.05, 4.69) is 28.4 Å². The predicted octanol–water partition coefficient (Wildman–Crippen LogP) is 3.69. The zero-order valence-corrected chi connectivity index (χ0v) is 11.8. The van der Waals surface area contributed by atoms with Gasteiger partial charge >= 0.3 is 0 Å². The van der Waals surface area contributed by atoms with Crippen LogP contribution >= 0.6 is 0 Å². The Hall–Kier alpha value is -2.36. The van der Waals surface area contributed by atoms with Gasteiger partial charge in [0.2, 0.25) is 0 Å². The maximum Gasteiger partial charge on any atom is 0.160 e. The topological polar surface area (TPSA) is 50.9 Å². The van der Waals surface area contributed by atoms with Crippen molar-refractivity contribution in [3.63, 3.8) is 0 Å². The van der Waals surface area contributed by atoms with Gasteiger partial charge in [-0.1, -0.05) is 6.07 Å². The maximum absolute atomic E-state index is 10.2. The summed E-state index contributed by atoms with van der Waals surface area (Å²) >= 11 is 0. The third kappa shape index (κ3) is 1.93. The quantitative estimate of drug-likeness (QED) is 0.770. The normalized spacial score (nSPS) is 11.4. The number of fused-ring (bicyclic) bond motifs is 1. The summed E-state index contributed by atoms with van der Waals surface area (Å²) in [5.41, 5.74) is 3.45. The Morgan fingerprint density at radius 1 is 1.20 bits per heavy atom. The van der Waals surface area contributed by atoms with E-state index in [0.717, 1.165) is 28.1 Å². The number of phenolic OH excluding ortho intramolecular Hbond substituents is 1. The molecular formula is C16H17N3O. The van der Waals surface area contributed by atoms with Gasteiger partial charge in [-0.3, -0.25) is 0 Å². The lowest BCUT2D eigenvalue weighted by atomic mass is 10.1. The molecule has 3 aromatic rings. The highest BCUT2D eigenvalue weighted by Crippen LogP contribution is 2.33. The van der Waals surface area contributed by atoms with Crippen molar-refractivity contribution in [1.29, 1.82) is 0 Å². The van der Waals surface area contributed by atoms with Gasteiger partial charge < -0.3 is 9.67 Å². The number of pyridine rings is 1. The molecule has 0 radical (unpaired) electrons. The molecule has 3 rings (SSSR count). The van der Waals surface area contributed by atoms with Crippen LogP contribution < -0.4 is 0 Å². The van der Waals surface area contributed by atoms with Gasteiger partial charge in [-0.2, -0.15) is 0 Å². The molecule has 0 aliphatic carbocycles. The van der Waals surface area contributed by atoms with E-state index in [-0.39, 0.29) is 11.8 Å². The smallest absolute Gasteiger partial charge is 0.160 e. The van der Waals surface area contributed by atoms with Crippen molar-refractivity contribution < 1.29 is 5.11 Å². The summed E-state index contributed by atoms with van der Waals surface area (Å²) in [6.45, 7) is 6.13. The van der Waals surface area contributed by atoms with Crippen LogP contribution in [0, 0.1) is 6.92 Å². The average molecular weight is 267 g/mol. The zero-order valence-electron chi connectivity index (χ0n) is 11.8. The highest BCUT2D eigenvalue weighted by atomic mass is 16.3. The molecule has 0 aliphatic heterocycles. The summed E-state index contributed by atoms with van der Waals surface area (Å²) in [6, 6.07) is 9.67. The highest BCUT2D eigenvalue weighted by Gasteiger charge is 2.17. The van der Waals surface area contributed by atoms with Crippen molar-refractivity contribution in [2.75, 3.05) is 0 Å². The summed E-state index contributed by atoms with van der Waals surface area (Å²) in [7, 11) is 0. The molecule has 4 nitrogen and oxygen atoms in total. The molecule has 102 valence electrons. The van der Waals surface area contributed by atoms with Gasteiger partial charge in [0.05, 0.1) is 5.56 Å². The molecule has 20 heavy (non-hydrogen) atoms. The number of hydrogen-bond donors (Lipinski definition) is 1. The van der Waals surface area contributed by atoms with E-state index >= 15 is 0 Å². The van der Waals surface area contributed by atoms with Crippen molar-refractivity contribution in [1.82, 2.24) is 14.5 Å². The highest BCUT2D eigenvalue weighted by molar-refractivity contribution is 5.79. The molecule has 0 saturated heterocycles. The van der Waals surface area contributed by atoms with Gasteiger partial charge in [-0.05, 0) is 50.6 Å². The van der Waals surface area contributed by atoms with Crippen LogP contribution in [0.15, 0.2) is 36.5 Å². The number of phenols is 1. The summed E-state index contributed by atoms with van der Waals surface area (Å²) < 4.78 is 2.06. The number of aromatic nitrogens is 3. The second-order valence-electron chi connectivity index (χ2n) is 5.27. The Bertz CT molecular complexity index is 774. The van der Waals surface area contributed by atoms with E-state index in [1.54, 1.807) is 12.3 Å². The van der Waals surface area contributed by atoms with Crippen molar-refractivity contribution in [2.24, 2.45) is 0 Å². The number of benzene rings is 1. The van der Waals surface area contributed by atoms with Crippen LogP contribution in [0.4, 0.5) is 0 Å². The van der Waals surface area contributed by atoms with Crippen LogP contribution in [0.1, 0.15) is 25.5 Å². The van der Waals surface area contributed by atoms with E-state index in [1.807, 2.05) is 31.2 Å². The largest absolute Gasteiger partial charge is 0.507 e. The SMILES string of the molecule is Cc1ccc(-c2nc3cccnc3n2C(C)C)c(O)c1. The van der Waals surface area contributed by atoms with Crippen molar-refractivity contribution in [3.05, 3.63) is 42.1 Å². The fraction of sp³-hybridized carbons (Fsp3) is 0.250. The zero-order chi connectivity index (χ0) is 14.3.